The lowest BCUT2D eigenvalue weighted by atomic mass is 11.1. The van der Waals surface area contributed by atoms with Crippen molar-refractivity contribution in [3.63, 3.8) is 0 Å². The minimum absolute atomic E-state index is 0. The van der Waals surface area contributed by atoms with Crippen molar-refractivity contribution < 1.29 is 5.48 Å². The van der Waals surface area contributed by atoms with Gasteiger partial charge in [-0.2, -0.15) is 0 Å². The normalized spacial score (nSPS) is 8.00. The molecule has 0 rings (SSSR count). The lowest BCUT2D eigenvalue weighted by Gasteiger charge is -2.02. The molecule has 3 heteroatoms. The molecule has 3 N–H and O–H groups in total. The molecule has 0 aliphatic rings. The third-order valence-electron chi connectivity index (χ3n) is 0.447. The highest BCUT2D eigenvalue weighted by atomic mass is 16.0. The van der Waals surface area contributed by atoms with E-state index in [-0.39, 0.29) is 5.48 Å². The molecule has 0 aromatic carbocycles. The molecule has 0 bridgehead atoms. The van der Waals surface area contributed by atoms with Gasteiger partial charge in [-0.25, -0.2) is 0 Å². The van der Waals surface area contributed by atoms with Gasteiger partial charge in [-0.3, -0.25) is 10.4 Å². The van der Waals surface area contributed by atoms with Crippen molar-refractivity contribution >= 4 is 0 Å². The second-order valence-corrected chi connectivity index (χ2v) is 1.12. The molecule has 0 fully saturated rings. The van der Waals surface area contributed by atoms with Crippen molar-refractivity contribution in [2.75, 3.05) is 21.1 Å². The van der Waals surface area contributed by atoms with Crippen LogP contribution in [0.1, 0.15) is 0 Å². The number of hydrogen-bond acceptors (Lipinski definition) is 2. The van der Waals surface area contributed by atoms with Crippen LogP contribution in [0.2, 0.25) is 0 Å². The van der Waals surface area contributed by atoms with E-state index in [1.807, 2.05) is 26.2 Å². The van der Waals surface area contributed by atoms with Gasteiger partial charge in [0.25, 0.3) is 0 Å². The summed E-state index contributed by atoms with van der Waals surface area (Å²) in [5.74, 6) is 0. The van der Waals surface area contributed by atoms with Crippen LogP contribution in [0, 0.1) is 0 Å². The number of rotatable bonds is 1. The quantitative estimate of drug-likeness (QED) is 0.415. The van der Waals surface area contributed by atoms with Crippen LogP contribution in [0.5, 0.6) is 0 Å². The first-order valence-electron chi connectivity index (χ1n) is 1.62. The minimum atomic E-state index is 0. The molecule has 0 aliphatic carbocycles. The molecule has 0 aromatic heterocycles. The monoisotopic (exact) mass is 92.1 g/mol. The summed E-state index contributed by atoms with van der Waals surface area (Å²) in [6.07, 6.45) is 0. The van der Waals surface area contributed by atoms with Gasteiger partial charge in [0.15, 0.2) is 0 Å². The van der Waals surface area contributed by atoms with E-state index in [0.717, 1.165) is 0 Å². The van der Waals surface area contributed by atoms with Gasteiger partial charge in [0.1, 0.15) is 0 Å². The van der Waals surface area contributed by atoms with Crippen molar-refractivity contribution in [1.29, 1.82) is 0 Å². The lowest BCUT2D eigenvalue weighted by Crippen LogP contribution is -2.25. The zero-order valence-electron chi connectivity index (χ0n) is 4.45. The summed E-state index contributed by atoms with van der Waals surface area (Å²) in [5, 5.41) is 1.88. The van der Waals surface area contributed by atoms with Crippen LogP contribution in [0.25, 0.3) is 0 Å². The second-order valence-electron chi connectivity index (χ2n) is 1.12. The first kappa shape index (κ1) is 9.30. The van der Waals surface area contributed by atoms with Crippen LogP contribution >= 0.6 is 0 Å². The SMILES string of the molecule is CNN(C)C.O. The topological polar surface area (TPSA) is 46.8 Å². The van der Waals surface area contributed by atoms with Gasteiger partial charge in [-0.15, -0.1) is 0 Å². The van der Waals surface area contributed by atoms with Crippen LogP contribution < -0.4 is 5.43 Å². The molecule has 0 aliphatic heterocycles. The average Bonchev–Trinajstić information content (AvgIpc) is 1.38. The van der Waals surface area contributed by atoms with E-state index in [4.69, 9.17) is 0 Å². The molecule has 0 atom stereocenters. The molecule has 0 radical (unpaired) electrons. The van der Waals surface area contributed by atoms with Crippen molar-refractivity contribution in [1.82, 2.24) is 10.4 Å². The molecule has 0 unspecified atom stereocenters. The predicted molar refractivity (Wildman–Crippen MR) is 26.4 cm³/mol. The van der Waals surface area contributed by atoms with E-state index in [1.165, 1.54) is 0 Å². The Morgan fingerprint density at radius 2 is 1.50 bits per heavy atom. The molecule has 0 spiro atoms. The molecule has 0 saturated carbocycles. The first-order valence-corrected chi connectivity index (χ1v) is 1.62. The van der Waals surface area contributed by atoms with Crippen LogP contribution in [0.4, 0.5) is 0 Å². The summed E-state index contributed by atoms with van der Waals surface area (Å²) in [5.41, 5.74) is 2.86. The molecule has 40 valence electrons. The molecule has 0 amide bonds. The summed E-state index contributed by atoms with van der Waals surface area (Å²) < 4.78 is 0. The number of hydrogen-bond donors (Lipinski definition) is 1. The van der Waals surface area contributed by atoms with E-state index in [9.17, 15) is 0 Å². The molecular formula is C3H12N2O. The number of nitrogens with one attached hydrogen (secondary N) is 1. The van der Waals surface area contributed by atoms with Crippen LogP contribution in [-0.2, 0) is 0 Å². The fourth-order valence-electron chi connectivity index (χ4n) is 0. The van der Waals surface area contributed by atoms with Gasteiger partial charge in [0.05, 0.1) is 0 Å². The Bertz CT molecular complexity index is 22.8. The van der Waals surface area contributed by atoms with Gasteiger partial charge < -0.3 is 5.48 Å². The van der Waals surface area contributed by atoms with Crippen LogP contribution in [0.3, 0.4) is 0 Å². The van der Waals surface area contributed by atoms with Gasteiger partial charge in [0, 0.05) is 14.1 Å². The summed E-state index contributed by atoms with van der Waals surface area (Å²) in [6, 6.07) is 0. The van der Waals surface area contributed by atoms with E-state index in [0.29, 0.717) is 0 Å². The Morgan fingerprint density at radius 3 is 1.50 bits per heavy atom. The Balaban J connectivity index is 0. The molecule has 0 heterocycles. The zero-order chi connectivity index (χ0) is 4.28. The standard InChI is InChI=1S/C3H10N2.H2O/c1-4-5(2)3;/h4H,1-3H3;1H2. The third kappa shape index (κ3) is 9.11. The Hall–Kier alpha value is -0.120. The van der Waals surface area contributed by atoms with Crippen molar-refractivity contribution in [3.05, 3.63) is 0 Å². The molecular weight excluding hydrogens is 80.0 g/mol. The van der Waals surface area contributed by atoms with Gasteiger partial charge in [0.2, 0.25) is 0 Å². The minimum Gasteiger partial charge on any atom is -0.412 e. The largest absolute Gasteiger partial charge is 0.412 e. The lowest BCUT2D eigenvalue weighted by molar-refractivity contribution is 0.323. The summed E-state index contributed by atoms with van der Waals surface area (Å²) in [4.78, 5) is 0. The number of nitrogens with zero attached hydrogens (tertiary/aromatic N) is 1. The van der Waals surface area contributed by atoms with Crippen molar-refractivity contribution in [2.24, 2.45) is 0 Å². The summed E-state index contributed by atoms with van der Waals surface area (Å²) in [6.45, 7) is 0. The van der Waals surface area contributed by atoms with Gasteiger partial charge in [-0.05, 0) is 7.05 Å². The maximum Gasteiger partial charge on any atom is 0.00128 e. The summed E-state index contributed by atoms with van der Waals surface area (Å²) in [7, 11) is 5.76. The maximum absolute atomic E-state index is 2.86. The van der Waals surface area contributed by atoms with E-state index in [1.54, 1.807) is 0 Å². The highest BCUT2D eigenvalue weighted by Gasteiger charge is 1.68. The third-order valence-corrected chi connectivity index (χ3v) is 0.447. The fourth-order valence-corrected chi connectivity index (χ4v) is 0. The highest BCUT2D eigenvalue weighted by molar-refractivity contribution is 4.12. The van der Waals surface area contributed by atoms with E-state index < -0.39 is 0 Å². The average molecular weight is 92.1 g/mol. The Labute approximate surface area is 38.2 Å². The van der Waals surface area contributed by atoms with Crippen LogP contribution in [0.15, 0.2) is 0 Å². The molecule has 3 nitrogen and oxygen atoms in total. The number of hydrazine groups is 1. The molecule has 0 saturated heterocycles. The Kier molecular flexibility index (Phi) is 7.57. The second kappa shape index (κ2) is 4.88. The summed E-state index contributed by atoms with van der Waals surface area (Å²) >= 11 is 0. The first-order chi connectivity index (χ1) is 2.27. The van der Waals surface area contributed by atoms with Gasteiger partial charge in [-0.1, -0.05) is 0 Å². The highest BCUT2D eigenvalue weighted by Crippen LogP contribution is 1.49. The van der Waals surface area contributed by atoms with Crippen molar-refractivity contribution in [3.8, 4) is 0 Å². The molecule has 0 aromatic rings. The fraction of sp³-hybridized carbons (Fsp3) is 1.00. The maximum atomic E-state index is 2.86. The predicted octanol–water partition coefficient (Wildman–Crippen LogP) is -1.14. The van der Waals surface area contributed by atoms with Crippen molar-refractivity contribution in [2.45, 2.75) is 0 Å². The van der Waals surface area contributed by atoms with Gasteiger partial charge >= 0.3 is 0 Å². The molecule has 6 heavy (non-hydrogen) atoms. The smallest absolute Gasteiger partial charge is 0.00128 e. The zero-order valence-corrected chi connectivity index (χ0v) is 4.45. The Morgan fingerprint density at radius 1 is 1.33 bits per heavy atom. The van der Waals surface area contributed by atoms with E-state index >= 15 is 0 Å². The van der Waals surface area contributed by atoms with Crippen LogP contribution in [-0.4, -0.2) is 31.6 Å². The van der Waals surface area contributed by atoms with E-state index in [2.05, 4.69) is 5.43 Å².